The van der Waals surface area contributed by atoms with Gasteiger partial charge >= 0.3 is 0 Å². The average molecular weight is 392 g/mol. The molecule has 2 aromatic carbocycles. The molecule has 29 heavy (non-hydrogen) atoms. The molecule has 0 spiro atoms. The van der Waals surface area contributed by atoms with E-state index in [0.29, 0.717) is 19.1 Å². The summed E-state index contributed by atoms with van der Waals surface area (Å²) in [5.74, 6) is 2.89. The van der Waals surface area contributed by atoms with Gasteiger partial charge in [-0.05, 0) is 24.1 Å². The molecule has 1 aromatic heterocycles. The third kappa shape index (κ3) is 4.94. The molecule has 7 heteroatoms. The lowest BCUT2D eigenvalue weighted by atomic mass is 10.1. The number of nitrogens with one attached hydrogen (secondary N) is 2. The van der Waals surface area contributed by atoms with Crippen molar-refractivity contribution < 1.29 is 14.2 Å². The van der Waals surface area contributed by atoms with Crippen LogP contribution in [0.1, 0.15) is 12.0 Å². The van der Waals surface area contributed by atoms with Crippen molar-refractivity contribution in [3.63, 3.8) is 0 Å². The summed E-state index contributed by atoms with van der Waals surface area (Å²) < 4.78 is 15.9. The Morgan fingerprint density at radius 1 is 0.966 bits per heavy atom. The van der Waals surface area contributed by atoms with E-state index in [1.807, 2.05) is 54.6 Å². The van der Waals surface area contributed by atoms with Crippen LogP contribution < -0.4 is 20.1 Å². The summed E-state index contributed by atoms with van der Waals surface area (Å²) in [4.78, 5) is 9.31. The molecule has 0 fully saturated rings. The van der Waals surface area contributed by atoms with Crippen LogP contribution in [0.3, 0.4) is 0 Å². The van der Waals surface area contributed by atoms with Gasteiger partial charge in [-0.15, -0.1) is 0 Å². The van der Waals surface area contributed by atoms with Crippen molar-refractivity contribution in [3.8, 4) is 22.8 Å². The Balaban J connectivity index is 1.51. The van der Waals surface area contributed by atoms with Crippen molar-refractivity contribution >= 4 is 11.8 Å². The third-order valence-corrected chi connectivity index (χ3v) is 4.51. The molecular formula is C22H24N4O3. The van der Waals surface area contributed by atoms with E-state index in [9.17, 15) is 0 Å². The number of hydrogen-bond acceptors (Lipinski definition) is 7. The molecule has 7 nitrogen and oxygen atoms in total. The largest absolute Gasteiger partial charge is 0.454 e. The molecular weight excluding hydrogens is 368 g/mol. The van der Waals surface area contributed by atoms with Gasteiger partial charge < -0.3 is 24.8 Å². The normalized spacial score (nSPS) is 12.0. The second-order valence-corrected chi connectivity index (χ2v) is 6.64. The van der Waals surface area contributed by atoms with Gasteiger partial charge in [0.05, 0.1) is 5.69 Å². The lowest BCUT2D eigenvalue weighted by Crippen LogP contribution is -2.10. The number of hydrogen-bond donors (Lipinski definition) is 2. The fraction of sp³-hybridized carbons (Fsp3) is 0.273. The van der Waals surface area contributed by atoms with Crippen LogP contribution in [-0.2, 0) is 11.3 Å². The highest BCUT2D eigenvalue weighted by atomic mass is 16.7. The number of fused-ring (bicyclic) bond motifs is 1. The third-order valence-electron chi connectivity index (χ3n) is 4.51. The van der Waals surface area contributed by atoms with Gasteiger partial charge in [-0.25, -0.2) is 4.98 Å². The summed E-state index contributed by atoms with van der Waals surface area (Å²) in [5, 5.41) is 6.68. The fourth-order valence-electron chi connectivity index (χ4n) is 3.04. The van der Waals surface area contributed by atoms with Gasteiger partial charge in [-0.1, -0.05) is 36.4 Å². The van der Waals surface area contributed by atoms with Crippen molar-refractivity contribution in [1.29, 1.82) is 0 Å². The predicted molar refractivity (Wildman–Crippen MR) is 112 cm³/mol. The first-order valence-corrected chi connectivity index (χ1v) is 9.61. The van der Waals surface area contributed by atoms with Crippen LogP contribution in [0.2, 0.25) is 0 Å². The van der Waals surface area contributed by atoms with E-state index in [-0.39, 0.29) is 6.79 Å². The Kier molecular flexibility index (Phi) is 6.07. The van der Waals surface area contributed by atoms with Crippen LogP contribution in [0.15, 0.2) is 54.6 Å². The minimum absolute atomic E-state index is 0.270. The first kappa shape index (κ1) is 19.0. The number of nitrogens with zero attached hydrogens (tertiary/aromatic N) is 2. The number of anilines is 2. The van der Waals surface area contributed by atoms with E-state index in [4.69, 9.17) is 19.2 Å². The number of rotatable bonds is 9. The second-order valence-electron chi connectivity index (χ2n) is 6.64. The summed E-state index contributed by atoms with van der Waals surface area (Å²) in [7, 11) is 1.70. The van der Waals surface area contributed by atoms with E-state index in [1.54, 1.807) is 7.11 Å². The SMILES string of the molecule is COCCCNc1cc(-c2ccccc2)nc(NCc2ccc3c(c2)OCO3)n1. The standard InChI is InChI=1S/C22H24N4O3/c1-27-11-5-10-23-21-13-18(17-6-3-2-4-7-17)25-22(26-21)24-14-16-8-9-19-20(12-16)29-15-28-19/h2-4,6-9,12-13H,5,10-11,14-15H2,1H3,(H2,23,24,25,26). The minimum Gasteiger partial charge on any atom is -0.454 e. The highest BCUT2D eigenvalue weighted by Crippen LogP contribution is 2.32. The van der Waals surface area contributed by atoms with Gasteiger partial charge in [0.1, 0.15) is 5.82 Å². The maximum atomic E-state index is 5.45. The lowest BCUT2D eigenvalue weighted by molar-refractivity contribution is 0.174. The van der Waals surface area contributed by atoms with E-state index >= 15 is 0 Å². The number of ether oxygens (including phenoxy) is 3. The molecule has 3 aromatic rings. The molecule has 0 amide bonds. The molecule has 0 aliphatic carbocycles. The van der Waals surface area contributed by atoms with Gasteiger partial charge in [0.15, 0.2) is 11.5 Å². The maximum Gasteiger partial charge on any atom is 0.231 e. The predicted octanol–water partition coefficient (Wildman–Crippen LogP) is 3.93. The van der Waals surface area contributed by atoms with Crippen molar-refractivity contribution in [3.05, 3.63) is 60.2 Å². The quantitative estimate of drug-likeness (QED) is 0.534. The van der Waals surface area contributed by atoms with E-state index in [2.05, 4.69) is 15.6 Å². The molecule has 150 valence electrons. The Labute approximate surface area is 170 Å². The van der Waals surface area contributed by atoms with Gasteiger partial charge in [-0.3, -0.25) is 0 Å². The monoisotopic (exact) mass is 392 g/mol. The van der Waals surface area contributed by atoms with Gasteiger partial charge in [-0.2, -0.15) is 4.98 Å². The van der Waals surface area contributed by atoms with E-state index < -0.39 is 0 Å². The van der Waals surface area contributed by atoms with Crippen LogP contribution in [0.4, 0.5) is 11.8 Å². The number of aromatic nitrogens is 2. The second kappa shape index (κ2) is 9.25. The van der Waals surface area contributed by atoms with Crippen molar-refractivity contribution in [2.24, 2.45) is 0 Å². The average Bonchev–Trinajstić information content (AvgIpc) is 3.24. The summed E-state index contributed by atoms with van der Waals surface area (Å²) in [5.41, 5.74) is 2.97. The summed E-state index contributed by atoms with van der Waals surface area (Å²) >= 11 is 0. The summed E-state index contributed by atoms with van der Waals surface area (Å²) in [6.45, 7) is 2.34. The van der Waals surface area contributed by atoms with Crippen LogP contribution in [0, 0.1) is 0 Å². The number of methoxy groups -OCH3 is 1. The van der Waals surface area contributed by atoms with E-state index in [0.717, 1.165) is 47.1 Å². The summed E-state index contributed by atoms with van der Waals surface area (Å²) in [6, 6.07) is 17.9. The van der Waals surface area contributed by atoms with Crippen LogP contribution in [0.5, 0.6) is 11.5 Å². The lowest BCUT2D eigenvalue weighted by Gasteiger charge is -2.12. The molecule has 0 saturated heterocycles. The Bertz CT molecular complexity index is 950. The highest BCUT2D eigenvalue weighted by Gasteiger charge is 2.13. The van der Waals surface area contributed by atoms with Gasteiger partial charge in [0.25, 0.3) is 0 Å². The molecule has 1 aliphatic heterocycles. The topological polar surface area (TPSA) is 77.5 Å². The molecule has 1 aliphatic rings. The van der Waals surface area contributed by atoms with Gasteiger partial charge in [0.2, 0.25) is 12.7 Å². The molecule has 2 heterocycles. The van der Waals surface area contributed by atoms with Gasteiger partial charge in [0, 0.05) is 38.4 Å². The molecule has 0 radical (unpaired) electrons. The molecule has 4 rings (SSSR count). The fourth-order valence-corrected chi connectivity index (χ4v) is 3.04. The summed E-state index contributed by atoms with van der Waals surface area (Å²) in [6.07, 6.45) is 0.904. The zero-order valence-corrected chi connectivity index (χ0v) is 16.4. The maximum absolute atomic E-state index is 5.45. The molecule has 0 atom stereocenters. The van der Waals surface area contributed by atoms with Crippen LogP contribution in [-0.4, -0.2) is 37.0 Å². The van der Waals surface area contributed by atoms with Crippen molar-refractivity contribution in [2.75, 3.05) is 37.7 Å². The smallest absolute Gasteiger partial charge is 0.231 e. The minimum atomic E-state index is 0.270. The zero-order valence-electron chi connectivity index (χ0n) is 16.4. The molecule has 0 bridgehead atoms. The van der Waals surface area contributed by atoms with Crippen molar-refractivity contribution in [2.45, 2.75) is 13.0 Å². The first-order chi connectivity index (χ1) is 14.3. The Morgan fingerprint density at radius 2 is 1.83 bits per heavy atom. The molecule has 0 unspecified atom stereocenters. The Hall–Kier alpha value is -3.32. The first-order valence-electron chi connectivity index (χ1n) is 9.61. The van der Waals surface area contributed by atoms with Crippen LogP contribution in [0.25, 0.3) is 11.3 Å². The molecule has 2 N–H and O–H groups in total. The zero-order chi connectivity index (χ0) is 19.9. The highest BCUT2D eigenvalue weighted by molar-refractivity contribution is 5.64. The van der Waals surface area contributed by atoms with E-state index in [1.165, 1.54) is 0 Å². The number of benzene rings is 2. The van der Waals surface area contributed by atoms with Crippen molar-refractivity contribution in [1.82, 2.24) is 9.97 Å². The Morgan fingerprint density at radius 3 is 2.69 bits per heavy atom. The van der Waals surface area contributed by atoms with Crippen LogP contribution >= 0.6 is 0 Å². The molecule has 0 saturated carbocycles.